The van der Waals surface area contributed by atoms with Gasteiger partial charge in [-0.25, -0.2) is 0 Å². The van der Waals surface area contributed by atoms with Crippen molar-refractivity contribution in [1.82, 2.24) is 5.43 Å². The maximum atomic E-state index is 5.79. The number of nitrogens with one attached hydrogen (secondary N) is 1. The lowest BCUT2D eigenvalue weighted by Gasteiger charge is -2.18. The summed E-state index contributed by atoms with van der Waals surface area (Å²) in [6.45, 7) is 0.762. The SMILES string of the molecule is NNC(Cc1cc(Br)cc2c1OCC2)c1ccc(Br)cc1. The van der Waals surface area contributed by atoms with Gasteiger partial charge in [-0.3, -0.25) is 11.3 Å². The molecule has 3 N–H and O–H groups in total. The van der Waals surface area contributed by atoms with Crippen LogP contribution in [0.3, 0.4) is 0 Å². The number of nitrogens with two attached hydrogens (primary N) is 1. The van der Waals surface area contributed by atoms with Crippen LogP contribution in [-0.2, 0) is 12.8 Å². The molecule has 1 atom stereocenters. The van der Waals surface area contributed by atoms with E-state index in [-0.39, 0.29) is 6.04 Å². The summed E-state index contributed by atoms with van der Waals surface area (Å²) >= 11 is 7.04. The number of fused-ring (bicyclic) bond motifs is 1. The first-order valence-corrected chi connectivity index (χ1v) is 8.41. The molecule has 1 aliphatic rings. The molecule has 0 saturated heterocycles. The maximum Gasteiger partial charge on any atom is 0.125 e. The molecule has 0 bridgehead atoms. The number of halogens is 2. The number of hydrogen-bond donors (Lipinski definition) is 2. The Kier molecular flexibility index (Phi) is 4.64. The molecule has 0 saturated carbocycles. The molecular formula is C16H16Br2N2O. The summed E-state index contributed by atoms with van der Waals surface area (Å²) < 4.78 is 7.94. The Balaban J connectivity index is 1.89. The highest BCUT2D eigenvalue weighted by molar-refractivity contribution is 9.10. The average molecular weight is 412 g/mol. The zero-order valence-electron chi connectivity index (χ0n) is 11.4. The second-order valence-electron chi connectivity index (χ2n) is 5.13. The number of benzene rings is 2. The van der Waals surface area contributed by atoms with Gasteiger partial charge in [0.05, 0.1) is 12.6 Å². The van der Waals surface area contributed by atoms with Crippen LogP contribution in [0.4, 0.5) is 0 Å². The van der Waals surface area contributed by atoms with Crippen LogP contribution in [0, 0.1) is 0 Å². The van der Waals surface area contributed by atoms with Gasteiger partial charge in [-0.2, -0.15) is 0 Å². The zero-order chi connectivity index (χ0) is 14.8. The van der Waals surface area contributed by atoms with Crippen LogP contribution >= 0.6 is 31.9 Å². The minimum atomic E-state index is 0.0562. The first-order chi connectivity index (χ1) is 10.2. The van der Waals surface area contributed by atoms with Crippen molar-refractivity contribution in [3.05, 3.63) is 62.0 Å². The van der Waals surface area contributed by atoms with Crippen LogP contribution in [-0.4, -0.2) is 6.61 Å². The highest BCUT2D eigenvalue weighted by Crippen LogP contribution is 2.35. The van der Waals surface area contributed by atoms with Crippen molar-refractivity contribution in [2.45, 2.75) is 18.9 Å². The quantitative estimate of drug-likeness (QED) is 0.592. The van der Waals surface area contributed by atoms with Crippen molar-refractivity contribution in [2.75, 3.05) is 6.61 Å². The van der Waals surface area contributed by atoms with Crippen LogP contribution in [0.5, 0.6) is 5.75 Å². The maximum absolute atomic E-state index is 5.79. The van der Waals surface area contributed by atoms with Crippen LogP contribution < -0.4 is 16.0 Å². The molecule has 1 unspecified atom stereocenters. The van der Waals surface area contributed by atoms with Crippen molar-refractivity contribution in [1.29, 1.82) is 0 Å². The van der Waals surface area contributed by atoms with Gasteiger partial charge in [0.25, 0.3) is 0 Å². The van der Waals surface area contributed by atoms with E-state index in [4.69, 9.17) is 10.6 Å². The molecule has 1 heterocycles. The average Bonchev–Trinajstić information content (AvgIpc) is 2.94. The van der Waals surface area contributed by atoms with Crippen LogP contribution in [0.25, 0.3) is 0 Å². The monoisotopic (exact) mass is 410 g/mol. The van der Waals surface area contributed by atoms with Crippen molar-refractivity contribution in [3.63, 3.8) is 0 Å². The Morgan fingerprint density at radius 2 is 1.90 bits per heavy atom. The summed E-state index contributed by atoms with van der Waals surface area (Å²) in [6, 6.07) is 12.5. The number of hydrogen-bond acceptors (Lipinski definition) is 3. The standard InChI is InChI=1S/C16H16Br2N2O/c17-13-3-1-10(2-4-13)15(20-19)9-12-8-14(18)7-11-5-6-21-16(11)12/h1-4,7-8,15,20H,5-6,9,19H2. The number of rotatable bonds is 4. The highest BCUT2D eigenvalue weighted by Gasteiger charge is 2.20. The Hall–Kier alpha value is -0.880. The number of hydrazine groups is 1. The predicted molar refractivity (Wildman–Crippen MR) is 91.3 cm³/mol. The van der Waals surface area contributed by atoms with E-state index in [0.717, 1.165) is 39.7 Å². The van der Waals surface area contributed by atoms with Gasteiger partial charge in [0.15, 0.2) is 0 Å². The molecule has 21 heavy (non-hydrogen) atoms. The second-order valence-corrected chi connectivity index (χ2v) is 6.96. The molecule has 1 aliphatic heterocycles. The fourth-order valence-corrected chi connectivity index (χ4v) is 3.50. The molecule has 0 fully saturated rings. The number of ether oxygens (including phenoxy) is 1. The van der Waals surface area contributed by atoms with E-state index in [9.17, 15) is 0 Å². The third-order valence-corrected chi connectivity index (χ3v) is 4.71. The van der Waals surface area contributed by atoms with Gasteiger partial charge in [-0.05, 0) is 47.4 Å². The lowest BCUT2D eigenvalue weighted by Crippen LogP contribution is -2.29. The van der Waals surface area contributed by atoms with Gasteiger partial charge in [-0.1, -0.05) is 44.0 Å². The summed E-state index contributed by atoms with van der Waals surface area (Å²) in [6.07, 6.45) is 1.76. The molecule has 0 radical (unpaired) electrons. The Morgan fingerprint density at radius 1 is 1.14 bits per heavy atom. The second kappa shape index (κ2) is 6.48. The van der Waals surface area contributed by atoms with Gasteiger partial charge in [0, 0.05) is 15.4 Å². The first kappa shape index (κ1) is 15.0. The van der Waals surface area contributed by atoms with Gasteiger partial charge in [-0.15, -0.1) is 0 Å². The Morgan fingerprint density at radius 3 is 2.62 bits per heavy atom. The fraction of sp³-hybridized carbons (Fsp3) is 0.250. The largest absolute Gasteiger partial charge is 0.493 e. The normalized spacial score (nSPS) is 14.6. The Bertz CT molecular complexity index is 643. The summed E-state index contributed by atoms with van der Waals surface area (Å²) in [5, 5.41) is 0. The molecule has 3 rings (SSSR count). The molecule has 0 aromatic heterocycles. The van der Waals surface area contributed by atoms with E-state index >= 15 is 0 Å². The van der Waals surface area contributed by atoms with Crippen molar-refractivity contribution < 1.29 is 4.74 Å². The van der Waals surface area contributed by atoms with E-state index in [1.165, 1.54) is 11.1 Å². The van der Waals surface area contributed by atoms with Gasteiger partial charge in [0.1, 0.15) is 5.75 Å². The first-order valence-electron chi connectivity index (χ1n) is 6.83. The molecule has 110 valence electrons. The topological polar surface area (TPSA) is 47.3 Å². The summed E-state index contributed by atoms with van der Waals surface area (Å²) in [7, 11) is 0. The molecule has 2 aromatic carbocycles. The molecule has 5 heteroatoms. The van der Waals surface area contributed by atoms with Crippen molar-refractivity contribution in [2.24, 2.45) is 5.84 Å². The minimum Gasteiger partial charge on any atom is -0.493 e. The molecule has 0 amide bonds. The summed E-state index contributed by atoms with van der Waals surface area (Å²) in [5.74, 6) is 6.78. The molecule has 0 aliphatic carbocycles. The zero-order valence-corrected chi connectivity index (χ0v) is 14.6. The fourth-order valence-electron chi connectivity index (χ4n) is 2.69. The third-order valence-electron chi connectivity index (χ3n) is 3.72. The third kappa shape index (κ3) is 3.31. The van der Waals surface area contributed by atoms with Crippen LogP contribution in [0.2, 0.25) is 0 Å². The molecule has 2 aromatic rings. The van der Waals surface area contributed by atoms with Crippen LogP contribution in [0.15, 0.2) is 45.3 Å². The predicted octanol–water partition coefficient (Wildman–Crippen LogP) is 3.89. The van der Waals surface area contributed by atoms with Gasteiger partial charge in [0.2, 0.25) is 0 Å². The molecule has 0 spiro atoms. The summed E-state index contributed by atoms with van der Waals surface area (Å²) in [5.41, 5.74) is 6.52. The lowest BCUT2D eigenvalue weighted by atomic mass is 9.97. The lowest BCUT2D eigenvalue weighted by molar-refractivity contribution is 0.351. The van der Waals surface area contributed by atoms with Crippen molar-refractivity contribution in [3.8, 4) is 5.75 Å². The highest BCUT2D eigenvalue weighted by atomic mass is 79.9. The van der Waals surface area contributed by atoms with E-state index in [0.29, 0.717) is 0 Å². The van der Waals surface area contributed by atoms with E-state index < -0.39 is 0 Å². The molecule has 3 nitrogen and oxygen atoms in total. The van der Waals surface area contributed by atoms with E-state index in [2.05, 4.69) is 61.6 Å². The minimum absolute atomic E-state index is 0.0562. The van der Waals surface area contributed by atoms with Gasteiger partial charge >= 0.3 is 0 Å². The summed E-state index contributed by atoms with van der Waals surface area (Å²) in [4.78, 5) is 0. The molecular weight excluding hydrogens is 396 g/mol. The van der Waals surface area contributed by atoms with Crippen LogP contribution in [0.1, 0.15) is 22.7 Å². The van der Waals surface area contributed by atoms with Gasteiger partial charge < -0.3 is 4.74 Å². The van der Waals surface area contributed by atoms with Crippen molar-refractivity contribution >= 4 is 31.9 Å². The smallest absolute Gasteiger partial charge is 0.125 e. The van der Waals surface area contributed by atoms with E-state index in [1.54, 1.807) is 0 Å². The Labute approximate surface area is 141 Å². The van der Waals surface area contributed by atoms with E-state index in [1.807, 2.05) is 12.1 Å².